The molecule has 3 aromatic rings. The van der Waals surface area contributed by atoms with E-state index in [1.54, 1.807) is 16.8 Å². The van der Waals surface area contributed by atoms with Crippen molar-refractivity contribution in [1.82, 2.24) is 9.55 Å². The molecule has 0 saturated heterocycles. The molecule has 0 bridgehead atoms. The number of nitrogens with one attached hydrogen (secondary N) is 1. The summed E-state index contributed by atoms with van der Waals surface area (Å²) in [4.78, 5) is 16.2. The predicted octanol–water partition coefficient (Wildman–Crippen LogP) is 4.67. The Balaban J connectivity index is 1.92. The van der Waals surface area contributed by atoms with Gasteiger partial charge in [0.25, 0.3) is 0 Å². The van der Waals surface area contributed by atoms with Gasteiger partial charge in [0.2, 0.25) is 11.7 Å². The molecular formula is C20H18Cl2FN3O2. The van der Waals surface area contributed by atoms with E-state index in [1.807, 2.05) is 25.1 Å². The molecule has 0 aliphatic heterocycles. The van der Waals surface area contributed by atoms with Crippen molar-refractivity contribution in [2.45, 2.75) is 20.0 Å². The van der Waals surface area contributed by atoms with Gasteiger partial charge in [0, 0.05) is 11.6 Å². The maximum absolute atomic E-state index is 13.4. The van der Waals surface area contributed by atoms with Crippen molar-refractivity contribution in [2.75, 3.05) is 12.4 Å². The van der Waals surface area contributed by atoms with Gasteiger partial charge in [-0.05, 0) is 41.8 Å². The lowest BCUT2D eigenvalue weighted by atomic mass is 10.1. The second kappa shape index (κ2) is 8.63. The van der Waals surface area contributed by atoms with E-state index in [0.717, 1.165) is 16.7 Å². The number of hydrogen-bond donors (Lipinski definition) is 1. The van der Waals surface area contributed by atoms with E-state index >= 15 is 0 Å². The van der Waals surface area contributed by atoms with Gasteiger partial charge in [-0.1, -0.05) is 41.4 Å². The van der Waals surface area contributed by atoms with Gasteiger partial charge in [0.05, 0.1) is 24.9 Å². The minimum absolute atomic E-state index is 0.0301. The molecular weight excluding hydrogens is 404 g/mol. The maximum atomic E-state index is 13.4. The summed E-state index contributed by atoms with van der Waals surface area (Å²) < 4.78 is 20.2. The van der Waals surface area contributed by atoms with Crippen molar-refractivity contribution in [2.24, 2.45) is 0 Å². The first-order valence-corrected chi connectivity index (χ1v) is 9.22. The first-order valence-electron chi connectivity index (χ1n) is 8.46. The molecule has 28 heavy (non-hydrogen) atoms. The monoisotopic (exact) mass is 421 g/mol. The normalized spacial score (nSPS) is 10.8. The van der Waals surface area contributed by atoms with E-state index in [9.17, 15) is 9.18 Å². The molecule has 0 aliphatic carbocycles. The summed E-state index contributed by atoms with van der Waals surface area (Å²) in [6, 6.07) is 10.1. The fourth-order valence-electron chi connectivity index (χ4n) is 2.73. The van der Waals surface area contributed by atoms with Crippen molar-refractivity contribution in [3.05, 3.63) is 85.5 Å². The van der Waals surface area contributed by atoms with Crippen LogP contribution in [0.2, 0.25) is 10.0 Å². The highest BCUT2D eigenvalue weighted by Crippen LogP contribution is 2.21. The van der Waals surface area contributed by atoms with Crippen LogP contribution in [0, 0.1) is 12.7 Å². The second-order valence-corrected chi connectivity index (χ2v) is 7.01. The van der Waals surface area contributed by atoms with E-state index in [2.05, 4.69) is 10.3 Å². The van der Waals surface area contributed by atoms with Gasteiger partial charge < -0.3 is 14.6 Å². The first-order chi connectivity index (χ1) is 13.4. The van der Waals surface area contributed by atoms with Crippen LogP contribution in [0.4, 0.5) is 10.3 Å². The van der Waals surface area contributed by atoms with E-state index in [1.165, 1.54) is 19.2 Å². The zero-order chi connectivity index (χ0) is 20.3. The van der Waals surface area contributed by atoms with Crippen LogP contribution in [-0.4, -0.2) is 16.7 Å². The zero-order valence-corrected chi connectivity index (χ0v) is 16.8. The van der Waals surface area contributed by atoms with Crippen molar-refractivity contribution in [3.8, 4) is 5.75 Å². The molecule has 0 aliphatic rings. The SMILES string of the molecule is COc1cn(Cc2ccc(F)c(Cl)c2)c(NCc2cccc(Cl)c2C)nc1=O. The highest BCUT2D eigenvalue weighted by Gasteiger charge is 2.11. The standard InChI is InChI=1S/C20H18Cl2FN3O2/c1-12-14(4-3-5-15(12)21)9-24-20-25-19(27)18(28-2)11-26(20)10-13-6-7-17(23)16(22)8-13/h3-8,11H,9-10H2,1-2H3,(H,24,25,27). The van der Waals surface area contributed by atoms with Crippen LogP contribution in [0.25, 0.3) is 0 Å². The first kappa shape index (κ1) is 20.2. The Labute approximate surface area is 171 Å². The van der Waals surface area contributed by atoms with Gasteiger partial charge in [0.1, 0.15) is 5.82 Å². The summed E-state index contributed by atoms with van der Waals surface area (Å²) in [6.45, 7) is 2.67. The van der Waals surface area contributed by atoms with Crippen LogP contribution in [0.5, 0.6) is 5.75 Å². The van der Waals surface area contributed by atoms with Crippen LogP contribution in [0.3, 0.4) is 0 Å². The second-order valence-electron chi connectivity index (χ2n) is 6.19. The molecule has 8 heteroatoms. The molecule has 1 N–H and O–H groups in total. The lowest BCUT2D eigenvalue weighted by Gasteiger charge is -2.16. The van der Waals surface area contributed by atoms with Gasteiger partial charge in [-0.15, -0.1) is 0 Å². The Morgan fingerprint density at radius 3 is 2.71 bits per heavy atom. The average molecular weight is 422 g/mol. The Hall–Kier alpha value is -2.57. The van der Waals surface area contributed by atoms with E-state index in [4.69, 9.17) is 27.9 Å². The molecule has 0 spiro atoms. The Morgan fingerprint density at radius 1 is 1.21 bits per heavy atom. The molecule has 0 saturated carbocycles. The zero-order valence-electron chi connectivity index (χ0n) is 15.3. The molecule has 0 fully saturated rings. The van der Waals surface area contributed by atoms with Crippen molar-refractivity contribution in [1.29, 1.82) is 0 Å². The third-order valence-corrected chi connectivity index (χ3v) is 5.04. The lowest BCUT2D eigenvalue weighted by Crippen LogP contribution is -2.20. The Bertz CT molecular complexity index is 1070. The van der Waals surface area contributed by atoms with Crippen LogP contribution < -0.4 is 15.6 Å². The number of methoxy groups -OCH3 is 1. The number of benzene rings is 2. The number of nitrogens with zero attached hydrogens (tertiary/aromatic N) is 2. The molecule has 1 heterocycles. The van der Waals surface area contributed by atoms with Gasteiger partial charge in [-0.2, -0.15) is 4.98 Å². The average Bonchev–Trinajstić information content (AvgIpc) is 2.67. The molecule has 3 rings (SSSR count). The Morgan fingerprint density at radius 2 is 2.00 bits per heavy atom. The molecule has 0 radical (unpaired) electrons. The highest BCUT2D eigenvalue weighted by atomic mass is 35.5. The number of halogens is 3. The molecule has 0 atom stereocenters. The van der Waals surface area contributed by atoms with Gasteiger partial charge in [-0.3, -0.25) is 4.79 Å². The molecule has 5 nitrogen and oxygen atoms in total. The minimum Gasteiger partial charge on any atom is -0.490 e. The number of aromatic nitrogens is 2. The summed E-state index contributed by atoms with van der Waals surface area (Å²) >= 11 is 12.0. The van der Waals surface area contributed by atoms with Gasteiger partial charge >= 0.3 is 5.56 Å². The Kier molecular flexibility index (Phi) is 6.21. The molecule has 146 valence electrons. The van der Waals surface area contributed by atoms with Crippen molar-refractivity contribution < 1.29 is 9.13 Å². The van der Waals surface area contributed by atoms with Crippen LogP contribution in [0.15, 0.2) is 47.4 Å². The largest absolute Gasteiger partial charge is 0.490 e. The summed E-state index contributed by atoms with van der Waals surface area (Å²) in [7, 11) is 1.40. The maximum Gasteiger partial charge on any atom is 0.316 e. The fourth-order valence-corrected chi connectivity index (χ4v) is 3.12. The molecule has 2 aromatic carbocycles. The predicted molar refractivity (Wildman–Crippen MR) is 109 cm³/mol. The van der Waals surface area contributed by atoms with E-state index < -0.39 is 11.4 Å². The number of rotatable bonds is 6. The van der Waals surface area contributed by atoms with Crippen LogP contribution >= 0.6 is 23.2 Å². The third-order valence-electron chi connectivity index (χ3n) is 4.34. The van der Waals surface area contributed by atoms with Crippen molar-refractivity contribution in [3.63, 3.8) is 0 Å². The summed E-state index contributed by atoms with van der Waals surface area (Å²) in [5.41, 5.74) is 2.19. The van der Waals surface area contributed by atoms with E-state index in [-0.39, 0.29) is 10.8 Å². The van der Waals surface area contributed by atoms with E-state index in [0.29, 0.717) is 24.1 Å². The van der Waals surface area contributed by atoms with Crippen LogP contribution in [-0.2, 0) is 13.1 Å². The van der Waals surface area contributed by atoms with Crippen molar-refractivity contribution >= 4 is 29.2 Å². The van der Waals surface area contributed by atoms with Crippen LogP contribution in [0.1, 0.15) is 16.7 Å². The topological polar surface area (TPSA) is 56.1 Å². The smallest absolute Gasteiger partial charge is 0.316 e. The number of anilines is 1. The lowest BCUT2D eigenvalue weighted by molar-refractivity contribution is 0.402. The van der Waals surface area contributed by atoms with Gasteiger partial charge in [-0.25, -0.2) is 4.39 Å². The quantitative estimate of drug-likeness (QED) is 0.628. The molecule has 1 aromatic heterocycles. The number of hydrogen-bond acceptors (Lipinski definition) is 4. The highest BCUT2D eigenvalue weighted by molar-refractivity contribution is 6.31. The molecule has 0 amide bonds. The molecule has 0 unspecified atom stereocenters. The minimum atomic E-state index is -0.490. The summed E-state index contributed by atoms with van der Waals surface area (Å²) in [5.74, 6) is -0.0286. The summed E-state index contributed by atoms with van der Waals surface area (Å²) in [5, 5.41) is 3.86. The number of ether oxygens (including phenoxy) is 1. The fraction of sp³-hybridized carbons (Fsp3) is 0.200. The summed E-state index contributed by atoms with van der Waals surface area (Å²) in [6.07, 6.45) is 1.56. The van der Waals surface area contributed by atoms with Gasteiger partial charge in [0.15, 0.2) is 0 Å². The third kappa shape index (κ3) is 4.46.